The van der Waals surface area contributed by atoms with E-state index in [-0.39, 0.29) is 40.5 Å². The van der Waals surface area contributed by atoms with Crippen molar-refractivity contribution in [2.75, 3.05) is 32.7 Å². The number of ketones is 1. The molecule has 0 radical (unpaired) electrons. The number of carboxylic acid groups (broad SMARTS) is 1. The first-order valence-corrected chi connectivity index (χ1v) is 21.2. The Kier molecular flexibility index (Phi) is 11.3. The summed E-state index contributed by atoms with van der Waals surface area (Å²) in [6.45, 7) is 22.2. The van der Waals surface area contributed by atoms with Crippen LogP contribution in [0.15, 0.2) is 11.1 Å². The number of aliphatic carboxylic acids is 1. The Hall–Kier alpha value is -1.77. The number of hydrogen-bond donors (Lipinski definition) is 3. The Labute approximate surface area is 314 Å². The first-order valence-electron chi connectivity index (χ1n) is 21.2. The van der Waals surface area contributed by atoms with Crippen molar-refractivity contribution in [3.05, 3.63) is 11.1 Å². The number of aliphatic hydroxyl groups excluding tert-OH is 1. The van der Waals surface area contributed by atoms with Gasteiger partial charge in [0.25, 0.3) is 0 Å². The van der Waals surface area contributed by atoms with E-state index in [0.29, 0.717) is 36.6 Å². The summed E-state index contributed by atoms with van der Waals surface area (Å²) in [6.07, 6.45) is 12.8. The third-order valence-electron chi connectivity index (χ3n) is 16.3. The van der Waals surface area contributed by atoms with E-state index < -0.39 is 28.9 Å². The zero-order valence-corrected chi connectivity index (χ0v) is 34.0. The molecule has 294 valence electrons. The molecule has 1 heterocycles. The second-order valence-electron chi connectivity index (χ2n) is 20.4. The lowest BCUT2D eigenvalue weighted by atomic mass is 9.36. The molecule has 9 unspecified atom stereocenters. The molecule has 0 amide bonds. The fourth-order valence-corrected chi connectivity index (χ4v) is 13.6. The fraction of sp³-hybridized carbons (Fsp3) is 0.886. The average Bonchev–Trinajstić information content (AvgIpc) is 3.39. The topological polar surface area (TPSA) is 116 Å². The molecule has 0 aromatic heterocycles. The van der Waals surface area contributed by atoms with Gasteiger partial charge in [0.05, 0.1) is 17.9 Å². The van der Waals surface area contributed by atoms with Crippen molar-refractivity contribution in [1.82, 2.24) is 10.2 Å². The third kappa shape index (κ3) is 6.86. The number of rotatable bonds is 12. The predicted molar refractivity (Wildman–Crippen MR) is 205 cm³/mol. The Morgan fingerprint density at radius 2 is 1.63 bits per heavy atom. The van der Waals surface area contributed by atoms with Crippen molar-refractivity contribution < 1.29 is 29.3 Å². The molecule has 1 saturated heterocycles. The van der Waals surface area contributed by atoms with E-state index in [1.165, 1.54) is 37.9 Å². The van der Waals surface area contributed by atoms with Crippen LogP contribution in [0.1, 0.15) is 145 Å². The number of ether oxygens (including phenoxy) is 1. The lowest BCUT2D eigenvalue weighted by molar-refractivity contribution is -0.214. The van der Waals surface area contributed by atoms with Gasteiger partial charge in [-0.3, -0.25) is 14.4 Å². The zero-order chi connectivity index (χ0) is 37.9. The van der Waals surface area contributed by atoms with Crippen molar-refractivity contribution in [3.63, 3.8) is 0 Å². The monoisotopic (exact) mass is 725 g/mol. The number of carbonyl (C=O) groups excluding carboxylic acids is 2. The highest BCUT2D eigenvalue weighted by atomic mass is 16.5. The molecule has 8 nitrogen and oxygen atoms in total. The van der Waals surface area contributed by atoms with Gasteiger partial charge in [0.1, 0.15) is 6.10 Å². The van der Waals surface area contributed by atoms with Crippen LogP contribution in [0.2, 0.25) is 0 Å². The van der Waals surface area contributed by atoms with E-state index in [1.54, 1.807) is 13.8 Å². The van der Waals surface area contributed by atoms with Gasteiger partial charge in [-0.2, -0.15) is 0 Å². The highest BCUT2D eigenvalue weighted by Crippen LogP contribution is 2.73. The second-order valence-corrected chi connectivity index (χ2v) is 20.4. The van der Waals surface area contributed by atoms with E-state index in [4.69, 9.17) is 4.74 Å². The molecule has 9 atom stereocenters. The van der Waals surface area contributed by atoms with Gasteiger partial charge in [-0.1, -0.05) is 53.5 Å². The summed E-state index contributed by atoms with van der Waals surface area (Å²) in [5.41, 5.74) is 0.824. The van der Waals surface area contributed by atoms with E-state index in [9.17, 15) is 24.6 Å². The first kappa shape index (κ1) is 39.9. The minimum absolute atomic E-state index is 0.109. The van der Waals surface area contributed by atoms with Crippen molar-refractivity contribution >= 4 is 17.7 Å². The van der Waals surface area contributed by atoms with Crippen LogP contribution in [0, 0.1) is 56.7 Å². The molecule has 5 fully saturated rings. The predicted octanol–water partition coefficient (Wildman–Crippen LogP) is 7.82. The molecule has 8 heteroatoms. The first-order chi connectivity index (χ1) is 24.4. The van der Waals surface area contributed by atoms with Crippen LogP contribution in [0.25, 0.3) is 0 Å². The summed E-state index contributed by atoms with van der Waals surface area (Å²) in [7, 11) is 0. The SMILES string of the molecule is CC(C)C1=C2C3CCC4C(C)(CCC5C(C)(C)C(OC(=O)CC(C)(C)C(=O)O)CCC54C)C3CCC2(C(O)CNCCCN2CCCCC2)CC1=O. The minimum Gasteiger partial charge on any atom is -0.481 e. The number of esters is 1. The summed E-state index contributed by atoms with van der Waals surface area (Å²) in [5, 5.41) is 25.3. The van der Waals surface area contributed by atoms with Crippen molar-refractivity contribution in [2.45, 2.75) is 157 Å². The number of hydrogen-bond acceptors (Lipinski definition) is 7. The highest BCUT2D eigenvalue weighted by molar-refractivity contribution is 6.00. The summed E-state index contributed by atoms with van der Waals surface area (Å²) in [4.78, 5) is 41.3. The number of aliphatic hydroxyl groups is 1. The molecule has 0 bridgehead atoms. The molecule has 4 saturated carbocycles. The number of carboxylic acids is 1. The van der Waals surface area contributed by atoms with Crippen LogP contribution in [0.5, 0.6) is 0 Å². The second kappa shape index (κ2) is 14.7. The number of fused-ring (bicyclic) bond motifs is 7. The molecule has 3 N–H and O–H groups in total. The summed E-state index contributed by atoms with van der Waals surface area (Å²) in [5.74, 6) is 0.828. The lowest BCUT2D eigenvalue weighted by Gasteiger charge is -2.69. The maximum Gasteiger partial charge on any atom is 0.309 e. The third-order valence-corrected chi connectivity index (χ3v) is 16.3. The summed E-state index contributed by atoms with van der Waals surface area (Å²) in [6, 6.07) is 0. The van der Waals surface area contributed by atoms with E-state index >= 15 is 0 Å². The van der Waals surface area contributed by atoms with Crippen molar-refractivity contribution in [2.24, 2.45) is 56.7 Å². The van der Waals surface area contributed by atoms with Gasteiger partial charge < -0.3 is 25.2 Å². The maximum absolute atomic E-state index is 13.9. The molecule has 0 spiro atoms. The van der Waals surface area contributed by atoms with Crippen molar-refractivity contribution in [1.29, 1.82) is 0 Å². The van der Waals surface area contributed by atoms with Gasteiger partial charge in [-0.25, -0.2) is 0 Å². The maximum atomic E-state index is 13.9. The molecule has 0 aromatic carbocycles. The van der Waals surface area contributed by atoms with E-state index in [1.807, 2.05) is 0 Å². The van der Waals surface area contributed by atoms with Gasteiger partial charge in [-0.05, 0) is 157 Å². The Morgan fingerprint density at radius 3 is 2.31 bits per heavy atom. The average molecular weight is 725 g/mol. The standard InChI is InChI=1S/C44H72N2O6/c1-28(2)37-31(47)25-44(34(48)27-45-21-12-24-46-22-10-9-11-23-46)20-15-30-29(38(37)44)13-14-33-42(30,7)18-16-32-41(5,6)35(17-19-43(32,33)8)52-36(49)26-40(3,4)39(50)51/h28-30,32-35,45,48H,9-27H2,1-8H3,(H,50,51). The molecular formula is C44H72N2O6. The lowest BCUT2D eigenvalue weighted by Crippen LogP contribution is -2.63. The largest absolute Gasteiger partial charge is 0.481 e. The van der Waals surface area contributed by atoms with Gasteiger partial charge in [0, 0.05) is 23.8 Å². The van der Waals surface area contributed by atoms with E-state index in [0.717, 1.165) is 76.5 Å². The van der Waals surface area contributed by atoms with Crippen LogP contribution >= 0.6 is 0 Å². The Morgan fingerprint density at radius 1 is 0.942 bits per heavy atom. The number of Topliss-reactive ketones (excluding diaryl/α,β-unsaturated/α-hetero) is 1. The fourth-order valence-electron chi connectivity index (χ4n) is 13.6. The number of allylic oxidation sites excluding steroid dienone is 1. The minimum atomic E-state index is -1.15. The molecule has 6 rings (SSSR count). The molecule has 6 aliphatic rings. The van der Waals surface area contributed by atoms with Gasteiger partial charge >= 0.3 is 11.9 Å². The molecule has 52 heavy (non-hydrogen) atoms. The highest BCUT2D eigenvalue weighted by Gasteiger charge is 2.67. The number of nitrogens with one attached hydrogen (secondary N) is 1. The van der Waals surface area contributed by atoms with Crippen LogP contribution in [-0.4, -0.2) is 77.8 Å². The van der Waals surface area contributed by atoms with Crippen molar-refractivity contribution in [3.8, 4) is 0 Å². The Balaban J connectivity index is 1.18. The Bertz CT molecular complexity index is 1400. The molecular weight excluding hydrogens is 652 g/mol. The van der Waals surface area contributed by atoms with Gasteiger partial charge in [0.2, 0.25) is 0 Å². The number of likely N-dealkylation sites (tertiary alicyclic amines) is 1. The number of piperidine rings is 1. The summed E-state index contributed by atoms with van der Waals surface area (Å²) >= 11 is 0. The van der Waals surface area contributed by atoms with Crippen LogP contribution in [0.3, 0.4) is 0 Å². The number of nitrogens with zero attached hydrogens (tertiary/aromatic N) is 1. The van der Waals surface area contributed by atoms with Crippen LogP contribution in [0.4, 0.5) is 0 Å². The van der Waals surface area contributed by atoms with Crippen LogP contribution < -0.4 is 5.32 Å². The smallest absolute Gasteiger partial charge is 0.309 e. The molecule has 1 aliphatic heterocycles. The summed E-state index contributed by atoms with van der Waals surface area (Å²) < 4.78 is 6.16. The van der Waals surface area contributed by atoms with E-state index in [2.05, 4.69) is 51.8 Å². The normalized spacial score (nSPS) is 38.3. The van der Waals surface area contributed by atoms with Crippen LogP contribution in [-0.2, 0) is 19.1 Å². The van der Waals surface area contributed by atoms with Gasteiger partial charge in [0.15, 0.2) is 5.78 Å². The zero-order valence-electron chi connectivity index (χ0n) is 34.0. The molecule has 5 aliphatic carbocycles. The van der Waals surface area contributed by atoms with Gasteiger partial charge in [-0.15, -0.1) is 0 Å². The molecule has 0 aromatic rings. The quantitative estimate of drug-likeness (QED) is 0.138. The number of carbonyl (C=O) groups is 3.